The molecular weight excluding hydrogens is 480 g/mol. The number of ether oxygens (including phenoxy) is 3. The van der Waals surface area contributed by atoms with Crippen LogP contribution in [0.25, 0.3) is 0 Å². The molecule has 0 bridgehead atoms. The van der Waals surface area contributed by atoms with Crippen LogP contribution < -0.4 is 24.2 Å². The molecule has 178 valence electrons. The Hall–Kier alpha value is -3.27. The van der Waals surface area contributed by atoms with Crippen molar-refractivity contribution in [2.24, 2.45) is 0 Å². The van der Waals surface area contributed by atoms with Gasteiger partial charge < -0.3 is 19.5 Å². The Morgan fingerprint density at radius 3 is 2.50 bits per heavy atom. The molecule has 2 N–H and O–H groups in total. The zero-order valence-corrected chi connectivity index (χ0v) is 19.9. The van der Waals surface area contributed by atoms with Gasteiger partial charge in [0.25, 0.3) is 5.91 Å². The highest BCUT2D eigenvalue weighted by Gasteiger charge is 2.20. The van der Waals surface area contributed by atoms with Crippen molar-refractivity contribution in [2.75, 3.05) is 25.1 Å². The van der Waals surface area contributed by atoms with E-state index in [2.05, 4.69) is 10.0 Å². The average Bonchev–Trinajstić information content (AvgIpc) is 2.83. The summed E-state index contributed by atoms with van der Waals surface area (Å²) in [6.45, 7) is 2.36. The Morgan fingerprint density at radius 1 is 1.03 bits per heavy atom. The molecule has 8 nitrogen and oxygen atoms in total. The van der Waals surface area contributed by atoms with E-state index >= 15 is 0 Å². The van der Waals surface area contributed by atoms with E-state index < -0.39 is 22.0 Å². The maximum atomic E-state index is 12.8. The van der Waals surface area contributed by atoms with Crippen LogP contribution in [0.4, 0.5) is 5.69 Å². The lowest BCUT2D eigenvalue weighted by atomic mass is 10.1. The third-order valence-corrected chi connectivity index (χ3v) is 6.86. The fraction of sp³-hybridized carbons (Fsp3) is 0.208. The summed E-state index contributed by atoms with van der Waals surface area (Å²) >= 11 is 6.23. The molecule has 0 aliphatic carbocycles. The Bertz CT molecular complexity index is 1280. The Labute approximate surface area is 202 Å². The predicted molar refractivity (Wildman–Crippen MR) is 128 cm³/mol. The first-order chi connectivity index (χ1) is 16.3. The van der Waals surface area contributed by atoms with E-state index in [0.717, 1.165) is 5.56 Å². The second kappa shape index (κ2) is 10.3. The number of carbonyl (C=O) groups is 1. The van der Waals surface area contributed by atoms with Gasteiger partial charge in [-0.2, -0.15) is 0 Å². The van der Waals surface area contributed by atoms with E-state index in [-0.39, 0.29) is 22.3 Å². The van der Waals surface area contributed by atoms with Crippen LogP contribution >= 0.6 is 11.6 Å². The number of hydrogen-bond acceptors (Lipinski definition) is 6. The Kier molecular flexibility index (Phi) is 7.26. The van der Waals surface area contributed by atoms with Gasteiger partial charge in [0.1, 0.15) is 19.0 Å². The van der Waals surface area contributed by atoms with Gasteiger partial charge in [-0.3, -0.25) is 4.79 Å². The summed E-state index contributed by atoms with van der Waals surface area (Å²) in [5.74, 6) is 0.951. The van der Waals surface area contributed by atoms with E-state index in [0.29, 0.717) is 30.4 Å². The number of benzene rings is 3. The minimum absolute atomic E-state index is 0.00615. The van der Waals surface area contributed by atoms with Gasteiger partial charge in [-0.1, -0.05) is 41.9 Å². The van der Waals surface area contributed by atoms with Crippen LogP contribution in [0.5, 0.6) is 17.2 Å². The fourth-order valence-corrected chi connectivity index (χ4v) is 4.90. The molecule has 0 saturated heterocycles. The first-order valence-corrected chi connectivity index (χ1v) is 12.4. The summed E-state index contributed by atoms with van der Waals surface area (Å²) in [6, 6.07) is 18.0. The van der Waals surface area contributed by atoms with Crippen molar-refractivity contribution in [3.05, 3.63) is 77.3 Å². The normalized spacial score (nSPS) is 13.7. The zero-order chi connectivity index (χ0) is 24.1. The molecule has 1 atom stereocenters. The summed E-state index contributed by atoms with van der Waals surface area (Å²) in [5, 5.41) is 2.78. The lowest BCUT2D eigenvalue weighted by molar-refractivity contribution is -0.118. The van der Waals surface area contributed by atoms with E-state index in [9.17, 15) is 13.2 Å². The Morgan fingerprint density at radius 2 is 1.76 bits per heavy atom. The van der Waals surface area contributed by atoms with Gasteiger partial charge in [-0.05, 0) is 42.8 Å². The molecule has 4 rings (SSSR count). The van der Waals surface area contributed by atoms with Crippen molar-refractivity contribution in [1.82, 2.24) is 4.72 Å². The summed E-state index contributed by atoms with van der Waals surface area (Å²) in [5.41, 5.74) is 1.37. The van der Waals surface area contributed by atoms with Crippen molar-refractivity contribution >= 4 is 33.2 Å². The maximum Gasteiger partial charge on any atom is 0.262 e. The van der Waals surface area contributed by atoms with Gasteiger partial charge in [0.15, 0.2) is 18.1 Å². The van der Waals surface area contributed by atoms with Crippen molar-refractivity contribution in [1.29, 1.82) is 0 Å². The summed E-state index contributed by atoms with van der Waals surface area (Å²) < 4.78 is 44.6. The highest BCUT2D eigenvalue weighted by atomic mass is 35.5. The van der Waals surface area contributed by atoms with E-state index in [4.69, 9.17) is 25.8 Å². The molecule has 1 aliphatic heterocycles. The van der Waals surface area contributed by atoms with Gasteiger partial charge in [-0.25, -0.2) is 13.1 Å². The topological polar surface area (TPSA) is 103 Å². The Balaban J connectivity index is 1.36. The van der Waals surface area contributed by atoms with Gasteiger partial charge in [0.05, 0.1) is 9.92 Å². The molecule has 1 heterocycles. The molecule has 0 spiro atoms. The third-order valence-electron chi connectivity index (χ3n) is 5.03. The minimum Gasteiger partial charge on any atom is -0.486 e. The predicted octanol–water partition coefficient (Wildman–Crippen LogP) is 4.17. The first kappa shape index (κ1) is 23.9. The highest BCUT2D eigenvalue weighted by Crippen LogP contribution is 2.33. The molecule has 0 fully saturated rings. The van der Waals surface area contributed by atoms with Crippen LogP contribution in [0.2, 0.25) is 5.02 Å². The number of sulfonamides is 1. The summed E-state index contributed by atoms with van der Waals surface area (Å²) in [6.07, 6.45) is 0. The number of rotatable bonds is 8. The van der Waals surface area contributed by atoms with Crippen molar-refractivity contribution < 1.29 is 27.4 Å². The zero-order valence-electron chi connectivity index (χ0n) is 18.3. The van der Waals surface area contributed by atoms with E-state index in [1.54, 1.807) is 25.1 Å². The molecule has 3 aromatic carbocycles. The number of carbonyl (C=O) groups excluding carboxylic acids is 1. The number of fused-ring (bicyclic) bond motifs is 1. The van der Waals surface area contributed by atoms with Crippen molar-refractivity contribution in [2.45, 2.75) is 17.9 Å². The molecule has 0 saturated carbocycles. The van der Waals surface area contributed by atoms with Crippen molar-refractivity contribution in [3.8, 4) is 17.2 Å². The summed E-state index contributed by atoms with van der Waals surface area (Å²) in [7, 11) is -3.82. The maximum absolute atomic E-state index is 12.8. The lowest BCUT2D eigenvalue weighted by Crippen LogP contribution is -2.27. The van der Waals surface area contributed by atoms with E-state index in [1.165, 1.54) is 18.2 Å². The second-order valence-electron chi connectivity index (χ2n) is 7.54. The standard InChI is InChI=1S/C24H23ClN2O6S/c1-16(17-5-3-2-4-6-17)27-34(29,30)19-8-10-21(20(25)14-19)33-15-24(28)26-18-7-9-22-23(13-18)32-12-11-31-22/h2-10,13-14,16,27H,11-12,15H2,1H3,(H,26,28). The molecule has 10 heteroatoms. The lowest BCUT2D eigenvalue weighted by Gasteiger charge is -2.19. The molecule has 34 heavy (non-hydrogen) atoms. The monoisotopic (exact) mass is 502 g/mol. The molecule has 1 unspecified atom stereocenters. The van der Waals surface area contributed by atoms with Crippen LogP contribution in [-0.4, -0.2) is 34.1 Å². The van der Waals surface area contributed by atoms with Crippen LogP contribution in [0.3, 0.4) is 0 Å². The number of anilines is 1. The minimum atomic E-state index is -3.82. The van der Waals surface area contributed by atoms with Crippen LogP contribution in [-0.2, 0) is 14.8 Å². The number of halogens is 1. The summed E-state index contributed by atoms with van der Waals surface area (Å²) in [4.78, 5) is 12.3. The van der Waals surface area contributed by atoms with Gasteiger partial charge >= 0.3 is 0 Å². The number of amides is 1. The smallest absolute Gasteiger partial charge is 0.262 e. The first-order valence-electron chi connectivity index (χ1n) is 10.5. The average molecular weight is 503 g/mol. The molecular formula is C24H23ClN2O6S. The van der Waals surface area contributed by atoms with Crippen LogP contribution in [0.15, 0.2) is 71.6 Å². The molecule has 3 aromatic rings. The molecule has 1 amide bonds. The molecule has 0 aromatic heterocycles. The van der Waals surface area contributed by atoms with Crippen molar-refractivity contribution in [3.63, 3.8) is 0 Å². The fourth-order valence-electron chi connectivity index (χ4n) is 3.34. The van der Waals surface area contributed by atoms with Crippen LogP contribution in [0.1, 0.15) is 18.5 Å². The van der Waals surface area contributed by atoms with Gasteiger partial charge in [0.2, 0.25) is 10.0 Å². The second-order valence-corrected chi connectivity index (χ2v) is 9.66. The molecule has 1 aliphatic rings. The van der Waals surface area contributed by atoms with E-state index in [1.807, 2.05) is 30.3 Å². The largest absolute Gasteiger partial charge is 0.486 e. The number of nitrogens with one attached hydrogen (secondary N) is 2. The quantitative estimate of drug-likeness (QED) is 0.479. The SMILES string of the molecule is CC(NS(=O)(=O)c1ccc(OCC(=O)Nc2ccc3c(c2)OCCO3)c(Cl)c1)c1ccccc1. The van der Waals surface area contributed by atoms with Gasteiger partial charge in [-0.15, -0.1) is 0 Å². The number of hydrogen-bond donors (Lipinski definition) is 2. The highest BCUT2D eigenvalue weighted by molar-refractivity contribution is 7.89. The molecule has 0 radical (unpaired) electrons. The van der Waals surface area contributed by atoms with Crippen LogP contribution in [0, 0.1) is 0 Å². The van der Waals surface area contributed by atoms with Gasteiger partial charge in [0, 0.05) is 17.8 Å². The third kappa shape index (κ3) is 5.80.